The summed E-state index contributed by atoms with van der Waals surface area (Å²) >= 11 is 0. The number of quaternary nitrogens is 1. The van der Waals surface area contributed by atoms with Crippen LogP contribution < -0.4 is 10.2 Å². The van der Waals surface area contributed by atoms with Crippen LogP contribution in [0.25, 0.3) is 0 Å². The molecule has 76 heavy (non-hydrogen) atoms. The fourth-order valence-electron chi connectivity index (χ4n) is 9.72. The summed E-state index contributed by atoms with van der Waals surface area (Å²) in [4.78, 5) is 25.5. The van der Waals surface area contributed by atoms with Gasteiger partial charge in [0.05, 0.1) is 39.9 Å². The molecule has 0 aliphatic rings. The lowest BCUT2D eigenvalue weighted by atomic mass is 10.0. The molecule has 0 fully saturated rings. The zero-order valence-corrected chi connectivity index (χ0v) is 51.9. The van der Waals surface area contributed by atoms with Gasteiger partial charge in [0.2, 0.25) is 5.91 Å². The van der Waals surface area contributed by atoms with Gasteiger partial charge in [-0.05, 0) is 57.8 Å². The number of rotatable bonds is 60. The third-order valence-corrected chi connectivity index (χ3v) is 15.7. The molecule has 0 aromatic heterocycles. The fourth-order valence-corrected chi connectivity index (χ4v) is 10.4. The third kappa shape index (κ3) is 59.9. The summed E-state index contributed by atoms with van der Waals surface area (Å²) in [6.45, 7) is 4.63. The van der Waals surface area contributed by atoms with Gasteiger partial charge in [-0.15, -0.1) is 0 Å². The van der Waals surface area contributed by atoms with Crippen molar-refractivity contribution in [3.63, 3.8) is 0 Å². The van der Waals surface area contributed by atoms with Crippen molar-refractivity contribution in [1.82, 2.24) is 5.32 Å². The molecule has 0 rings (SSSR count). The average molecular weight is 1090 g/mol. The lowest BCUT2D eigenvalue weighted by Gasteiger charge is -2.30. The van der Waals surface area contributed by atoms with Crippen molar-refractivity contribution in [3.8, 4) is 0 Å². The second-order valence-corrected chi connectivity index (χ2v) is 24.9. The lowest BCUT2D eigenvalue weighted by molar-refractivity contribution is -0.870. The van der Waals surface area contributed by atoms with Gasteiger partial charge in [-0.25, -0.2) is 0 Å². The van der Waals surface area contributed by atoms with E-state index in [-0.39, 0.29) is 19.1 Å². The number of carbonyl (C=O) groups excluding carboxylic acids is 1. The van der Waals surface area contributed by atoms with Crippen LogP contribution in [0, 0.1) is 0 Å². The van der Waals surface area contributed by atoms with E-state index in [1.165, 1.54) is 212 Å². The number of phosphoric ester groups is 1. The summed E-state index contributed by atoms with van der Waals surface area (Å²) in [5.74, 6) is -0.160. The number of aliphatic hydroxyl groups is 1. The molecule has 0 saturated heterocycles. The predicted octanol–water partition coefficient (Wildman–Crippen LogP) is 19.8. The number of nitrogens with one attached hydrogen (secondary N) is 1. The van der Waals surface area contributed by atoms with Crippen LogP contribution in [0.1, 0.15) is 309 Å². The summed E-state index contributed by atoms with van der Waals surface area (Å²) in [5.41, 5.74) is 0. The van der Waals surface area contributed by atoms with Crippen LogP contribution in [0.3, 0.4) is 0 Å². The molecule has 0 aromatic carbocycles. The topological polar surface area (TPSA) is 108 Å². The summed E-state index contributed by atoms with van der Waals surface area (Å²) < 4.78 is 23.4. The van der Waals surface area contributed by atoms with Gasteiger partial charge < -0.3 is 28.8 Å². The maximum absolute atomic E-state index is 13.0. The summed E-state index contributed by atoms with van der Waals surface area (Å²) in [6.07, 6.45) is 78.7. The van der Waals surface area contributed by atoms with E-state index < -0.39 is 20.0 Å². The van der Waals surface area contributed by atoms with Gasteiger partial charge in [0.25, 0.3) is 7.82 Å². The van der Waals surface area contributed by atoms with Crippen molar-refractivity contribution in [2.24, 2.45) is 0 Å². The van der Waals surface area contributed by atoms with Crippen molar-refractivity contribution < 1.29 is 32.9 Å². The van der Waals surface area contributed by atoms with Crippen LogP contribution in [0.2, 0.25) is 0 Å². The van der Waals surface area contributed by atoms with Gasteiger partial charge in [-0.2, -0.15) is 0 Å². The smallest absolute Gasteiger partial charge is 0.268 e. The first-order chi connectivity index (χ1) is 37.0. The maximum atomic E-state index is 13.0. The maximum Gasteiger partial charge on any atom is 0.268 e. The molecule has 0 aliphatic heterocycles. The Morgan fingerprint density at radius 1 is 0.474 bits per heavy atom. The molecule has 0 saturated carbocycles. The number of nitrogens with zero attached hydrogens (tertiary/aromatic N) is 1. The number of allylic oxidation sites excluding steroid dienone is 10. The molecule has 8 nitrogen and oxygen atoms in total. The van der Waals surface area contributed by atoms with Crippen molar-refractivity contribution >= 4 is 13.7 Å². The number of aliphatic hydroxyl groups excluding tert-OH is 1. The van der Waals surface area contributed by atoms with Crippen molar-refractivity contribution in [2.75, 3.05) is 40.9 Å². The highest BCUT2D eigenvalue weighted by Crippen LogP contribution is 2.38. The first kappa shape index (κ1) is 74.2. The van der Waals surface area contributed by atoms with Crippen LogP contribution in [0.5, 0.6) is 0 Å². The van der Waals surface area contributed by atoms with E-state index in [9.17, 15) is 19.4 Å². The van der Waals surface area contributed by atoms with E-state index in [2.05, 4.69) is 79.9 Å². The molecule has 1 amide bonds. The molecule has 3 atom stereocenters. The van der Waals surface area contributed by atoms with Crippen molar-refractivity contribution in [3.05, 3.63) is 60.8 Å². The standard InChI is InChI=1S/C67H127N2O6P/c1-6-8-10-12-14-16-18-20-21-22-23-24-25-26-27-28-29-30-31-32-33-34-35-36-37-38-39-40-41-42-43-44-45-46-47-49-51-53-55-57-59-61-67(71)68-65(64-75-76(72,73)74-63-62-69(3,4)5)66(70)60-58-56-54-52-50-48-19-17-15-13-11-9-7-2/h8,10,14,16,20-21,23-24,26-27,65-66,70H,6-7,9,11-13,15,17-19,22,25,28-64H2,1-5H3,(H-,68,71,72,73)/b10-8-,16-14-,21-20-,24-23-,27-26-. The highest BCUT2D eigenvalue weighted by molar-refractivity contribution is 7.45. The molecule has 0 radical (unpaired) electrons. The second-order valence-electron chi connectivity index (χ2n) is 23.4. The molecular formula is C67H127N2O6P. The highest BCUT2D eigenvalue weighted by Gasteiger charge is 2.24. The van der Waals surface area contributed by atoms with E-state index in [1.807, 2.05) is 21.1 Å². The number of carbonyl (C=O) groups is 1. The Balaban J connectivity index is 3.83. The Hall–Kier alpha value is -1.80. The minimum atomic E-state index is -4.57. The number of phosphoric acid groups is 1. The SMILES string of the molecule is CC/C=C\C/C=C\C/C=C\C/C=C\C/C=C\CCCCCCCCCCCCCCCCCCCCCCCCCCCC(=O)NC(COP(=O)([O-])OCC[N+](C)(C)C)C(O)CCCCCCCCCCCCCCC. The number of likely N-dealkylation sites (N-methyl/N-ethyl adjacent to an activating group) is 1. The van der Waals surface area contributed by atoms with Crippen LogP contribution in [0.4, 0.5) is 0 Å². The Morgan fingerprint density at radius 3 is 1.17 bits per heavy atom. The van der Waals surface area contributed by atoms with Crippen molar-refractivity contribution in [1.29, 1.82) is 0 Å². The number of hydrogen-bond donors (Lipinski definition) is 2. The molecule has 0 bridgehead atoms. The average Bonchev–Trinajstić information content (AvgIpc) is 3.38. The molecule has 9 heteroatoms. The highest BCUT2D eigenvalue weighted by atomic mass is 31.2. The van der Waals surface area contributed by atoms with Gasteiger partial charge in [0, 0.05) is 6.42 Å². The van der Waals surface area contributed by atoms with Crippen LogP contribution in [-0.4, -0.2) is 68.5 Å². The van der Waals surface area contributed by atoms with Gasteiger partial charge >= 0.3 is 0 Å². The van der Waals surface area contributed by atoms with E-state index in [1.54, 1.807) is 0 Å². The summed E-state index contributed by atoms with van der Waals surface area (Å²) in [5, 5.41) is 14.0. The largest absolute Gasteiger partial charge is 0.756 e. The first-order valence-electron chi connectivity index (χ1n) is 32.6. The molecular weight excluding hydrogens is 960 g/mol. The van der Waals surface area contributed by atoms with Crippen LogP contribution in [0.15, 0.2) is 60.8 Å². The number of hydrogen-bond acceptors (Lipinski definition) is 6. The van der Waals surface area contributed by atoms with Gasteiger partial charge in [0.1, 0.15) is 13.2 Å². The first-order valence-corrected chi connectivity index (χ1v) is 34.1. The lowest BCUT2D eigenvalue weighted by Crippen LogP contribution is -2.46. The zero-order valence-electron chi connectivity index (χ0n) is 51.0. The fraction of sp³-hybridized carbons (Fsp3) is 0.836. The third-order valence-electron chi connectivity index (χ3n) is 14.8. The molecule has 0 aliphatic carbocycles. The van der Waals surface area contributed by atoms with Crippen molar-refractivity contribution in [2.45, 2.75) is 321 Å². The van der Waals surface area contributed by atoms with Gasteiger partial charge in [-0.3, -0.25) is 9.36 Å². The Kier molecular flexibility index (Phi) is 56.5. The summed E-state index contributed by atoms with van der Waals surface area (Å²) in [7, 11) is 1.32. The minimum absolute atomic E-state index is 0.0136. The van der Waals surface area contributed by atoms with E-state index in [4.69, 9.17) is 9.05 Å². The second kappa shape index (κ2) is 57.9. The minimum Gasteiger partial charge on any atom is -0.756 e. The summed E-state index contributed by atoms with van der Waals surface area (Å²) in [6, 6.07) is -0.798. The van der Waals surface area contributed by atoms with Crippen LogP contribution in [-0.2, 0) is 18.4 Å². The Morgan fingerprint density at radius 2 is 0.803 bits per heavy atom. The number of amides is 1. The zero-order chi connectivity index (χ0) is 55.6. The Labute approximate surface area is 472 Å². The predicted molar refractivity (Wildman–Crippen MR) is 330 cm³/mol. The monoisotopic (exact) mass is 1090 g/mol. The number of unbranched alkanes of at least 4 members (excludes halogenated alkanes) is 37. The molecule has 446 valence electrons. The van der Waals surface area contributed by atoms with Gasteiger partial charge in [0.15, 0.2) is 0 Å². The normalized spacial score (nSPS) is 14.1. The molecule has 0 spiro atoms. The van der Waals surface area contributed by atoms with Crippen LogP contribution >= 0.6 is 7.82 Å². The quantitative estimate of drug-likeness (QED) is 0.0272. The molecule has 3 unspecified atom stereocenters. The van der Waals surface area contributed by atoms with Gasteiger partial charge in [-0.1, -0.05) is 306 Å². The molecule has 0 heterocycles. The molecule has 2 N–H and O–H groups in total. The van der Waals surface area contributed by atoms with E-state index in [0.29, 0.717) is 23.9 Å². The van der Waals surface area contributed by atoms with E-state index in [0.717, 1.165) is 70.6 Å². The molecule has 0 aromatic rings. The van der Waals surface area contributed by atoms with E-state index >= 15 is 0 Å². The Bertz CT molecular complexity index is 1420.